The summed E-state index contributed by atoms with van der Waals surface area (Å²) in [5, 5.41) is 9.49. The number of nitrogens with zero attached hydrogens (tertiary/aromatic N) is 1. The number of carboxylic acid groups (broad SMARTS) is 1. The molecule has 1 aliphatic heterocycles. The quantitative estimate of drug-likeness (QED) is 0.792. The summed E-state index contributed by atoms with van der Waals surface area (Å²) in [5.41, 5.74) is -0.462. The highest BCUT2D eigenvalue weighted by atomic mass is 16.4. The first-order valence-electron chi connectivity index (χ1n) is 8.08. The van der Waals surface area contributed by atoms with Crippen LogP contribution in [0.5, 0.6) is 0 Å². The Morgan fingerprint density at radius 2 is 2.05 bits per heavy atom. The second-order valence-electron chi connectivity index (χ2n) is 6.60. The highest BCUT2D eigenvalue weighted by molar-refractivity contribution is 5.75. The molecular weight excluding hydrogens is 238 g/mol. The molecule has 1 aliphatic carbocycles. The van der Waals surface area contributed by atoms with Gasteiger partial charge in [-0.3, -0.25) is 9.69 Å². The van der Waals surface area contributed by atoms with Crippen LogP contribution in [0.3, 0.4) is 0 Å². The molecule has 1 heterocycles. The van der Waals surface area contributed by atoms with Crippen molar-refractivity contribution in [3.63, 3.8) is 0 Å². The first-order valence-corrected chi connectivity index (χ1v) is 8.08. The number of carboxylic acids is 1. The molecule has 0 amide bonds. The average Bonchev–Trinajstić information content (AvgIpc) is 2.72. The fourth-order valence-corrected chi connectivity index (χ4v) is 3.96. The van der Waals surface area contributed by atoms with Crippen LogP contribution in [0.2, 0.25) is 0 Å². The van der Waals surface area contributed by atoms with E-state index in [1.807, 2.05) is 6.92 Å². The van der Waals surface area contributed by atoms with Crippen LogP contribution < -0.4 is 0 Å². The Labute approximate surface area is 117 Å². The molecule has 2 aliphatic rings. The standard InChI is InChI=1S/C16H29NO2/c1-3-13-6-5-7-14(9-8-13)17-11-10-16(4-2,12-17)15(18)19/h13-14H,3-12H2,1-2H3,(H,18,19). The molecule has 0 spiro atoms. The molecule has 2 fully saturated rings. The number of hydrogen-bond donors (Lipinski definition) is 1. The highest BCUT2D eigenvalue weighted by Gasteiger charge is 2.44. The Hall–Kier alpha value is -0.570. The molecule has 1 saturated carbocycles. The molecule has 0 radical (unpaired) electrons. The van der Waals surface area contributed by atoms with Crippen LogP contribution in [0, 0.1) is 11.3 Å². The van der Waals surface area contributed by atoms with Crippen molar-refractivity contribution in [2.24, 2.45) is 11.3 Å². The maximum atomic E-state index is 11.5. The molecule has 1 saturated heterocycles. The minimum atomic E-state index is -0.586. The predicted molar refractivity (Wildman–Crippen MR) is 77.2 cm³/mol. The summed E-state index contributed by atoms with van der Waals surface area (Å²) in [7, 11) is 0. The summed E-state index contributed by atoms with van der Waals surface area (Å²) in [6.45, 7) is 6.09. The van der Waals surface area contributed by atoms with Crippen molar-refractivity contribution in [2.45, 2.75) is 71.3 Å². The van der Waals surface area contributed by atoms with Gasteiger partial charge in [-0.1, -0.05) is 33.1 Å². The van der Waals surface area contributed by atoms with E-state index < -0.39 is 11.4 Å². The van der Waals surface area contributed by atoms with E-state index in [2.05, 4.69) is 11.8 Å². The van der Waals surface area contributed by atoms with Gasteiger partial charge in [0.1, 0.15) is 0 Å². The molecule has 0 bridgehead atoms. The van der Waals surface area contributed by atoms with Gasteiger partial charge in [0.25, 0.3) is 0 Å². The van der Waals surface area contributed by atoms with Gasteiger partial charge in [0.2, 0.25) is 0 Å². The van der Waals surface area contributed by atoms with Crippen molar-refractivity contribution in [2.75, 3.05) is 13.1 Å². The Balaban J connectivity index is 1.95. The molecule has 19 heavy (non-hydrogen) atoms. The van der Waals surface area contributed by atoms with Gasteiger partial charge in [-0.15, -0.1) is 0 Å². The molecule has 0 aromatic carbocycles. The lowest BCUT2D eigenvalue weighted by molar-refractivity contribution is -0.148. The molecule has 0 aromatic rings. The largest absolute Gasteiger partial charge is 0.481 e. The maximum absolute atomic E-state index is 11.5. The SMILES string of the molecule is CCC1CCCC(N2CCC(CC)(C(=O)O)C2)CC1. The Kier molecular flexibility index (Phi) is 4.88. The third-order valence-corrected chi connectivity index (χ3v) is 5.67. The Bertz CT molecular complexity index is 318. The summed E-state index contributed by atoms with van der Waals surface area (Å²) in [6, 6.07) is 0.643. The molecule has 110 valence electrons. The van der Waals surface area contributed by atoms with E-state index in [0.29, 0.717) is 6.04 Å². The minimum Gasteiger partial charge on any atom is -0.481 e. The Morgan fingerprint density at radius 3 is 2.63 bits per heavy atom. The summed E-state index contributed by atoms with van der Waals surface area (Å²) >= 11 is 0. The van der Waals surface area contributed by atoms with Crippen molar-refractivity contribution < 1.29 is 9.90 Å². The van der Waals surface area contributed by atoms with E-state index in [9.17, 15) is 9.90 Å². The second-order valence-corrected chi connectivity index (χ2v) is 6.60. The number of aliphatic carboxylic acids is 1. The van der Waals surface area contributed by atoms with Crippen LogP contribution in [-0.2, 0) is 4.79 Å². The molecule has 3 heteroatoms. The summed E-state index contributed by atoms with van der Waals surface area (Å²) in [4.78, 5) is 14.0. The summed E-state index contributed by atoms with van der Waals surface area (Å²) in [5.74, 6) is 0.320. The van der Waals surface area contributed by atoms with Crippen LogP contribution in [0.4, 0.5) is 0 Å². The monoisotopic (exact) mass is 267 g/mol. The van der Waals surface area contributed by atoms with Crippen molar-refractivity contribution in [1.82, 2.24) is 4.90 Å². The number of carbonyl (C=O) groups is 1. The van der Waals surface area contributed by atoms with E-state index >= 15 is 0 Å². The van der Waals surface area contributed by atoms with E-state index in [4.69, 9.17) is 0 Å². The van der Waals surface area contributed by atoms with Crippen molar-refractivity contribution >= 4 is 5.97 Å². The molecule has 3 nitrogen and oxygen atoms in total. The zero-order valence-electron chi connectivity index (χ0n) is 12.5. The highest BCUT2D eigenvalue weighted by Crippen LogP contribution is 2.38. The van der Waals surface area contributed by atoms with Gasteiger partial charge in [-0.25, -0.2) is 0 Å². The van der Waals surface area contributed by atoms with Crippen molar-refractivity contribution in [3.8, 4) is 0 Å². The van der Waals surface area contributed by atoms with Crippen LogP contribution in [0.25, 0.3) is 0 Å². The fourth-order valence-electron chi connectivity index (χ4n) is 3.96. The first kappa shape index (κ1) is 14.8. The fraction of sp³-hybridized carbons (Fsp3) is 0.938. The molecular formula is C16H29NO2. The van der Waals surface area contributed by atoms with Gasteiger partial charge >= 0.3 is 5.97 Å². The molecule has 3 unspecified atom stereocenters. The van der Waals surface area contributed by atoms with Crippen LogP contribution >= 0.6 is 0 Å². The van der Waals surface area contributed by atoms with Gasteiger partial charge in [-0.2, -0.15) is 0 Å². The van der Waals surface area contributed by atoms with E-state index in [0.717, 1.165) is 31.8 Å². The second kappa shape index (κ2) is 6.25. The van der Waals surface area contributed by atoms with Crippen molar-refractivity contribution in [3.05, 3.63) is 0 Å². The maximum Gasteiger partial charge on any atom is 0.310 e. The molecule has 3 atom stereocenters. The number of hydrogen-bond acceptors (Lipinski definition) is 2. The third kappa shape index (κ3) is 3.13. The lowest BCUT2D eigenvalue weighted by atomic mass is 9.84. The topological polar surface area (TPSA) is 40.5 Å². The zero-order valence-corrected chi connectivity index (χ0v) is 12.5. The van der Waals surface area contributed by atoms with E-state index in [1.165, 1.54) is 38.5 Å². The summed E-state index contributed by atoms with van der Waals surface area (Å²) in [6.07, 6.45) is 9.50. The van der Waals surface area contributed by atoms with Gasteiger partial charge in [-0.05, 0) is 44.6 Å². The van der Waals surface area contributed by atoms with Gasteiger partial charge < -0.3 is 5.11 Å². The van der Waals surface area contributed by atoms with Crippen LogP contribution in [0.15, 0.2) is 0 Å². The smallest absolute Gasteiger partial charge is 0.310 e. The summed E-state index contributed by atoms with van der Waals surface area (Å²) < 4.78 is 0. The van der Waals surface area contributed by atoms with Crippen molar-refractivity contribution in [1.29, 1.82) is 0 Å². The van der Waals surface area contributed by atoms with Crippen LogP contribution in [0.1, 0.15) is 65.2 Å². The Morgan fingerprint density at radius 1 is 1.26 bits per heavy atom. The average molecular weight is 267 g/mol. The van der Waals surface area contributed by atoms with Crippen LogP contribution in [-0.4, -0.2) is 35.1 Å². The number of rotatable bonds is 4. The lowest BCUT2D eigenvalue weighted by Crippen LogP contribution is -2.38. The van der Waals surface area contributed by atoms with Gasteiger partial charge in [0, 0.05) is 12.6 Å². The van der Waals surface area contributed by atoms with Gasteiger partial charge in [0.15, 0.2) is 0 Å². The third-order valence-electron chi connectivity index (χ3n) is 5.67. The van der Waals surface area contributed by atoms with E-state index in [1.54, 1.807) is 0 Å². The molecule has 1 N–H and O–H groups in total. The number of likely N-dealkylation sites (tertiary alicyclic amines) is 1. The minimum absolute atomic E-state index is 0.462. The molecule has 2 rings (SSSR count). The predicted octanol–water partition coefficient (Wildman–Crippen LogP) is 3.53. The lowest BCUT2D eigenvalue weighted by Gasteiger charge is -2.29. The molecule has 0 aromatic heterocycles. The zero-order chi connectivity index (χ0) is 13.9. The van der Waals surface area contributed by atoms with E-state index in [-0.39, 0.29) is 0 Å². The van der Waals surface area contributed by atoms with Gasteiger partial charge in [0.05, 0.1) is 5.41 Å². The normalized spacial score (nSPS) is 37.2. The first-order chi connectivity index (χ1) is 9.11.